The molecule has 156 valence electrons. The average Bonchev–Trinajstić information content (AvgIpc) is 2.92. The smallest absolute Gasteiger partial charge is 0.302 e. The van der Waals surface area contributed by atoms with Crippen LogP contribution >= 0.6 is 0 Å². The van der Waals surface area contributed by atoms with Crippen molar-refractivity contribution in [3.63, 3.8) is 0 Å². The van der Waals surface area contributed by atoms with Crippen molar-refractivity contribution in [2.24, 2.45) is 28.6 Å². The van der Waals surface area contributed by atoms with Crippen molar-refractivity contribution in [1.29, 1.82) is 0 Å². The molecule has 1 N–H and O–H groups in total. The lowest BCUT2D eigenvalue weighted by Crippen LogP contribution is -2.55. The second-order valence-electron chi connectivity index (χ2n) is 10.1. The summed E-state index contributed by atoms with van der Waals surface area (Å²) in [6.07, 6.45) is 8.17. The van der Waals surface area contributed by atoms with Crippen LogP contribution in [-0.2, 0) is 19.1 Å². The molecule has 0 aliphatic heterocycles. The van der Waals surface area contributed by atoms with Gasteiger partial charge in [-0.25, -0.2) is 0 Å². The highest BCUT2D eigenvalue weighted by atomic mass is 16.5. The standard InChI is InChI=1S/C23H34O5/c1-13(24)27-16-7-9-22(3)15(11-16)12-19(26)21-17-5-6-20(28-14(2)25)23(17,4)10-8-18(21)22/h12,16-21,26H,5-11H2,1-4H3/t16?,17-,18-,19?,20?,21-,22-,23-/m0/s1. The topological polar surface area (TPSA) is 72.8 Å². The molecule has 4 aliphatic carbocycles. The van der Waals surface area contributed by atoms with Gasteiger partial charge in [0.25, 0.3) is 0 Å². The van der Waals surface area contributed by atoms with Crippen molar-refractivity contribution < 1.29 is 24.2 Å². The third-order valence-corrected chi connectivity index (χ3v) is 8.64. The normalized spacial score (nSPS) is 47.2. The summed E-state index contributed by atoms with van der Waals surface area (Å²) in [6.45, 7) is 7.58. The molecule has 8 atom stereocenters. The Labute approximate surface area is 167 Å². The molecule has 4 rings (SSSR count). The Morgan fingerprint density at radius 1 is 1.00 bits per heavy atom. The molecule has 0 aromatic rings. The molecule has 28 heavy (non-hydrogen) atoms. The van der Waals surface area contributed by atoms with Gasteiger partial charge in [-0.1, -0.05) is 25.5 Å². The lowest BCUT2D eigenvalue weighted by molar-refractivity contribution is -0.159. The SMILES string of the molecule is CC(=O)OC1CC[C@@]2(C)C(=CC(O)[C@@H]3[C@@H]2CC[C@]2(C)C(OC(C)=O)CC[C@@H]32)C1. The highest BCUT2D eigenvalue weighted by Gasteiger charge is 2.61. The lowest BCUT2D eigenvalue weighted by atomic mass is 9.47. The molecule has 0 radical (unpaired) electrons. The van der Waals surface area contributed by atoms with Gasteiger partial charge in [-0.2, -0.15) is 0 Å². The van der Waals surface area contributed by atoms with E-state index >= 15 is 0 Å². The number of aliphatic hydroxyl groups excluding tert-OH is 1. The fraction of sp³-hybridized carbons (Fsp3) is 0.826. The Kier molecular flexibility index (Phi) is 4.88. The Bertz CT molecular complexity index is 699. The number of fused-ring (bicyclic) bond motifs is 5. The van der Waals surface area contributed by atoms with Gasteiger partial charge < -0.3 is 14.6 Å². The molecule has 0 spiro atoms. The summed E-state index contributed by atoms with van der Waals surface area (Å²) in [6, 6.07) is 0. The Balaban J connectivity index is 1.61. The molecule has 0 saturated heterocycles. The quantitative estimate of drug-likeness (QED) is 0.574. The third kappa shape index (κ3) is 3.01. The second kappa shape index (κ2) is 6.86. The molecule has 3 fully saturated rings. The molecule has 0 bridgehead atoms. The monoisotopic (exact) mass is 390 g/mol. The zero-order chi connectivity index (χ0) is 20.3. The fourth-order valence-corrected chi connectivity index (χ4v) is 7.30. The minimum Gasteiger partial charge on any atom is -0.462 e. The van der Waals surface area contributed by atoms with Crippen LogP contribution in [0.4, 0.5) is 0 Å². The summed E-state index contributed by atoms with van der Waals surface area (Å²) in [5.74, 6) is 0.621. The highest BCUT2D eigenvalue weighted by Crippen LogP contribution is 2.65. The van der Waals surface area contributed by atoms with Gasteiger partial charge in [-0.05, 0) is 61.7 Å². The van der Waals surface area contributed by atoms with Gasteiger partial charge in [0.15, 0.2) is 0 Å². The van der Waals surface area contributed by atoms with E-state index in [0.717, 1.165) is 44.9 Å². The van der Waals surface area contributed by atoms with E-state index in [0.29, 0.717) is 11.8 Å². The molecule has 0 amide bonds. The Hall–Kier alpha value is -1.36. The van der Waals surface area contributed by atoms with Gasteiger partial charge in [0, 0.05) is 25.7 Å². The van der Waals surface area contributed by atoms with E-state index in [9.17, 15) is 14.7 Å². The zero-order valence-corrected chi connectivity index (χ0v) is 17.6. The summed E-state index contributed by atoms with van der Waals surface area (Å²) in [5, 5.41) is 11.2. The molecular weight excluding hydrogens is 356 g/mol. The van der Waals surface area contributed by atoms with Gasteiger partial charge in [0.1, 0.15) is 12.2 Å². The van der Waals surface area contributed by atoms with Crippen LogP contribution in [0.15, 0.2) is 11.6 Å². The van der Waals surface area contributed by atoms with Crippen LogP contribution < -0.4 is 0 Å². The van der Waals surface area contributed by atoms with Crippen LogP contribution in [-0.4, -0.2) is 35.4 Å². The van der Waals surface area contributed by atoms with Crippen LogP contribution in [0.5, 0.6) is 0 Å². The van der Waals surface area contributed by atoms with Crippen molar-refractivity contribution in [3.8, 4) is 0 Å². The first-order valence-electron chi connectivity index (χ1n) is 10.9. The predicted octanol–water partition coefficient (Wildman–Crippen LogP) is 3.78. The van der Waals surface area contributed by atoms with Crippen molar-refractivity contribution in [2.45, 2.75) is 91.0 Å². The van der Waals surface area contributed by atoms with Crippen LogP contribution in [0.3, 0.4) is 0 Å². The fourth-order valence-electron chi connectivity index (χ4n) is 7.30. The number of hydrogen-bond donors (Lipinski definition) is 1. The van der Waals surface area contributed by atoms with Gasteiger partial charge >= 0.3 is 11.9 Å². The van der Waals surface area contributed by atoms with Crippen LogP contribution in [0.2, 0.25) is 0 Å². The summed E-state index contributed by atoms with van der Waals surface area (Å²) < 4.78 is 11.2. The lowest BCUT2D eigenvalue weighted by Gasteiger charge is -2.58. The van der Waals surface area contributed by atoms with Crippen molar-refractivity contribution in [2.75, 3.05) is 0 Å². The van der Waals surface area contributed by atoms with Gasteiger partial charge in [0.05, 0.1) is 6.10 Å². The minimum absolute atomic E-state index is 0.0268. The Morgan fingerprint density at radius 2 is 1.71 bits per heavy atom. The van der Waals surface area contributed by atoms with E-state index in [-0.39, 0.29) is 40.9 Å². The van der Waals surface area contributed by atoms with E-state index in [4.69, 9.17) is 9.47 Å². The maximum Gasteiger partial charge on any atom is 0.302 e. The molecule has 3 unspecified atom stereocenters. The first-order valence-corrected chi connectivity index (χ1v) is 10.9. The summed E-state index contributed by atoms with van der Waals surface area (Å²) in [7, 11) is 0. The predicted molar refractivity (Wildman–Crippen MR) is 104 cm³/mol. The van der Waals surface area contributed by atoms with E-state index in [2.05, 4.69) is 19.9 Å². The third-order valence-electron chi connectivity index (χ3n) is 8.64. The van der Waals surface area contributed by atoms with Crippen LogP contribution in [0.1, 0.15) is 72.6 Å². The number of ether oxygens (including phenoxy) is 2. The van der Waals surface area contributed by atoms with Gasteiger partial charge in [-0.15, -0.1) is 0 Å². The maximum absolute atomic E-state index is 11.6. The molecule has 0 aromatic heterocycles. The first kappa shape index (κ1) is 19.9. The molecule has 0 aromatic carbocycles. The number of carbonyl (C=O) groups excluding carboxylic acids is 2. The molecule has 4 aliphatic rings. The molecule has 5 heteroatoms. The first-order chi connectivity index (χ1) is 13.1. The highest BCUT2D eigenvalue weighted by molar-refractivity contribution is 5.66. The van der Waals surface area contributed by atoms with Crippen LogP contribution in [0.25, 0.3) is 0 Å². The number of hydrogen-bond acceptors (Lipinski definition) is 5. The van der Waals surface area contributed by atoms with Crippen molar-refractivity contribution in [1.82, 2.24) is 0 Å². The summed E-state index contributed by atoms with van der Waals surface area (Å²) in [4.78, 5) is 23.0. The van der Waals surface area contributed by atoms with E-state index in [1.54, 1.807) is 0 Å². The molecular formula is C23H34O5. The number of aliphatic hydroxyl groups is 1. The Morgan fingerprint density at radius 3 is 2.39 bits per heavy atom. The average molecular weight is 391 g/mol. The van der Waals surface area contributed by atoms with Crippen molar-refractivity contribution in [3.05, 3.63) is 11.6 Å². The zero-order valence-electron chi connectivity index (χ0n) is 17.6. The van der Waals surface area contributed by atoms with E-state index < -0.39 is 6.10 Å². The largest absolute Gasteiger partial charge is 0.462 e. The second-order valence-corrected chi connectivity index (χ2v) is 10.1. The molecule has 3 saturated carbocycles. The summed E-state index contributed by atoms with van der Waals surface area (Å²) >= 11 is 0. The van der Waals surface area contributed by atoms with Gasteiger partial charge in [0.2, 0.25) is 0 Å². The van der Waals surface area contributed by atoms with Gasteiger partial charge in [-0.3, -0.25) is 9.59 Å². The van der Waals surface area contributed by atoms with E-state index in [1.807, 2.05) is 0 Å². The van der Waals surface area contributed by atoms with Crippen LogP contribution in [0, 0.1) is 28.6 Å². The number of rotatable bonds is 2. The number of carbonyl (C=O) groups is 2. The summed E-state index contributed by atoms with van der Waals surface area (Å²) in [5.41, 5.74) is 1.31. The molecule has 0 heterocycles. The molecule has 5 nitrogen and oxygen atoms in total. The maximum atomic E-state index is 11.6. The van der Waals surface area contributed by atoms with Crippen molar-refractivity contribution >= 4 is 11.9 Å². The minimum atomic E-state index is -0.468. The van der Waals surface area contributed by atoms with E-state index in [1.165, 1.54) is 19.4 Å². The number of esters is 2.